The Kier molecular flexibility index (Phi) is 4.01. The standard InChI is InChI=1S/C20H18N6O2/c27-20(28-12-13-6-2-1-3-7-13)26-11-17-15(10-18(26)19-22-24-25-23-19)14-8-4-5-9-16(14)21-17/h1-9,18,21H,10-12H2,(H,22,23,24,25). The van der Waals surface area contributed by atoms with E-state index >= 15 is 0 Å². The van der Waals surface area contributed by atoms with Crippen LogP contribution in [-0.4, -0.2) is 36.6 Å². The van der Waals surface area contributed by atoms with E-state index in [1.54, 1.807) is 4.90 Å². The average molecular weight is 374 g/mol. The molecule has 1 aliphatic heterocycles. The summed E-state index contributed by atoms with van der Waals surface area (Å²) in [5.41, 5.74) is 4.18. The lowest BCUT2D eigenvalue weighted by Gasteiger charge is -2.33. The van der Waals surface area contributed by atoms with Crippen molar-refractivity contribution in [2.24, 2.45) is 0 Å². The average Bonchev–Trinajstić information content (AvgIpc) is 3.39. The predicted molar refractivity (Wildman–Crippen MR) is 101 cm³/mol. The van der Waals surface area contributed by atoms with Crippen molar-refractivity contribution in [3.63, 3.8) is 0 Å². The van der Waals surface area contributed by atoms with Crippen molar-refractivity contribution in [2.75, 3.05) is 0 Å². The van der Waals surface area contributed by atoms with Crippen LogP contribution < -0.4 is 0 Å². The van der Waals surface area contributed by atoms with Gasteiger partial charge in [0, 0.05) is 23.0 Å². The van der Waals surface area contributed by atoms with Crippen molar-refractivity contribution < 1.29 is 9.53 Å². The highest BCUT2D eigenvalue weighted by atomic mass is 16.6. The van der Waals surface area contributed by atoms with E-state index in [4.69, 9.17) is 4.74 Å². The van der Waals surface area contributed by atoms with Crippen LogP contribution >= 0.6 is 0 Å². The first kappa shape index (κ1) is 16.5. The van der Waals surface area contributed by atoms with Gasteiger partial charge in [-0.05, 0) is 17.2 Å². The van der Waals surface area contributed by atoms with Gasteiger partial charge in [0.15, 0.2) is 5.82 Å². The van der Waals surface area contributed by atoms with Gasteiger partial charge in [-0.2, -0.15) is 5.21 Å². The lowest BCUT2D eigenvalue weighted by molar-refractivity contribution is 0.0706. The van der Waals surface area contributed by atoms with Crippen molar-refractivity contribution in [2.45, 2.75) is 25.6 Å². The van der Waals surface area contributed by atoms with E-state index in [0.717, 1.165) is 22.2 Å². The minimum atomic E-state index is -0.400. The minimum Gasteiger partial charge on any atom is -0.445 e. The summed E-state index contributed by atoms with van der Waals surface area (Å²) in [6.45, 7) is 0.617. The molecule has 0 spiro atoms. The van der Waals surface area contributed by atoms with Gasteiger partial charge in [0.05, 0.1) is 6.54 Å². The molecule has 1 atom stereocenters. The molecule has 140 valence electrons. The number of carbonyl (C=O) groups excluding carboxylic acids is 1. The summed E-state index contributed by atoms with van der Waals surface area (Å²) in [6.07, 6.45) is 0.197. The Labute approximate surface area is 160 Å². The number of fused-ring (bicyclic) bond motifs is 3. The third-order valence-electron chi connectivity index (χ3n) is 5.10. The second-order valence-corrected chi connectivity index (χ2v) is 6.79. The zero-order chi connectivity index (χ0) is 18.9. The van der Waals surface area contributed by atoms with Crippen LogP contribution in [-0.2, 0) is 24.3 Å². The van der Waals surface area contributed by atoms with Gasteiger partial charge in [0.25, 0.3) is 0 Å². The molecule has 0 saturated heterocycles. The topological polar surface area (TPSA) is 99.8 Å². The Morgan fingerprint density at radius 3 is 2.79 bits per heavy atom. The summed E-state index contributed by atoms with van der Waals surface area (Å²) in [5, 5.41) is 15.5. The highest BCUT2D eigenvalue weighted by molar-refractivity contribution is 5.85. The molecule has 2 aromatic heterocycles. The molecule has 3 heterocycles. The van der Waals surface area contributed by atoms with Crippen molar-refractivity contribution >= 4 is 17.0 Å². The monoisotopic (exact) mass is 374 g/mol. The second-order valence-electron chi connectivity index (χ2n) is 6.79. The second kappa shape index (κ2) is 6.80. The van der Waals surface area contributed by atoms with Crippen LogP contribution in [0.2, 0.25) is 0 Å². The zero-order valence-corrected chi connectivity index (χ0v) is 15.0. The van der Waals surface area contributed by atoms with Crippen molar-refractivity contribution in [1.29, 1.82) is 0 Å². The third-order valence-corrected chi connectivity index (χ3v) is 5.10. The molecule has 2 aromatic carbocycles. The summed E-state index contributed by atoms with van der Waals surface area (Å²) in [7, 11) is 0. The van der Waals surface area contributed by atoms with Gasteiger partial charge in [0.1, 0.15) is 12.6 Å². The van der Waals surface area contributed by atoms with Crippen molar-refractivity contribution in [1.82, 2.24) is 30.5 Å². The molecule has 1 aliphatic rings. The molecule has 4 aromatic rings. The number of nitrogens with zero attached hydrogens (tertiary/aromatic N) is 4. The number of aromatic nitrogens is 5. The molecular weight excluding hydrogens is 356 g/mol. The molecular formula is C20H18N6O2. The van der Waals surface area contributed by atoms with Crippen molar-refractivity contribution in [3.8, 4) is 0 Å². The van der Waals surface area contributed by atoms with Crippen LogP contribution in [0.3, 0.4) is 0 Å². The normalized spacial score (nSPS) is 16.1. The first-order valence-corrected chi connectivity index (χ1v) is 9.09. The number of tetrazole rings is 1. The van der Waals surface area contributed by atoms with Gasteiger partial charge < -0.3 is 9.72 Å². The maximum Gasteiger partial charge on any atom is 0.411 e. The summed E-state index contributed by atoms with van der Waals surface area (Å²) < 4.78 is 5.57. The molecule has 1 amide bonds. The third kappa shape index (κ3) is 2.88. The minimum absolute atomic E-state index is 0.217. The number of nitrogens with one attached hydrogen (secondary N) is 2. The Hall–Kier alpha value is -3.68. The van der Waals surface area contributed by atoms with Crippen LogP contribution in [0.4, 0.5) is 4.79 Å². The van der Waals surface area contributed by atoms with Crippen LogP contribution in [0.1, 0.15) is 28.7 Å². The molecule has 8 heteroatoms. The quantitative estimate of drug-likeness (QED) is 0.574. The van der Waals surface area contributed by atoms with E-state index in [-0.39, 0.29) is 12.6 Å². The fourth-order valence-corrected chi connectivity index (χ4v) is 3.74. The summed E-state index contributed by atoms with van der Waals surface area (Å²) in [4.78, 5) is 18.0. The van der Waals surface area contributed by atoms with Crippen molar-refractivity contribution in [3.05, 3.63) is 77.2 Å². The summed E-state index contributed by atoms with van der Waals surface area (Å²) in [5.74, 6) is 0.479. The number of rotatable bonds is 3. The maximum absolute atomic E-state index is 12.9. The van der Waals surface area contributed by atoms with Crippen LogP contribution in [0.5, 0.6) is 0 Å². The predicted octanol–water partition coefficient (Wildman–Crippen LogP) is 3.12. The number of H-pyrrole nitrogens is 2. The Balaban J connectivity index is 1.45. The smallest absolute Gasteiger partial charge is 0.411 e. The Bertz CT molecular complexity index is 1110. The van der Waals surface area contributed by atoms with E-state index < -0.39 is 6.09 Å². The fourth-order valence-electron chi connectivity index (χ4n) is 3.74. The number of ether oxygens (including phenoxy) is 1. The Morgan fingerprint density at radius 1 is 1.14 bits per heavy atom. The highest BCUT2D eigenvalue weighted by Gasteiger charge is 2.36. The van der Waals surface area contributed by atoms with Gasteiger partial charge >= 0.3 is 6.09 Å². The number of aromatic amines is 2. The molecule has 28 heavy (non-hydrogen) atoms. The van der Waals surface area contributed by atoms with E-state index in [1.165, 1.54) is 5.56 Å². The van der Waals surface area contributed by atoms with Gasteiger partial charge in [-0.25, -0.2) is 4.79 Å². The number of hydrogen-bond acceptors (Lipinski definition) is 5. The van der Waals surface area contributed by atoms with Gasteiger partial charge in [-0.1, -0.05) is 53.7 Å². The van der Waals surface area contributed by atoms with Gasteiger partial charge in [-0.3, -0.25) is 4.90 Å². The van der Waals surface area contributed by atoms with Gasteiger partial charge in [0.2, 0.25) is 0 Å². The molecule has 0 saturated carbocycles. The largest absolute Gasteiger partial charge is 0.445 e. The number of para-hydroxylation sites is 1. The summed E-state index contributed by atoms with van der Waals surface area (Å²) >= 11 is 0. The molecule has 0 bridgehead atoms. The number of carbonyl (C=O) groups is 1. The zero-order valence-electron chi connectivity index (χ0n) is 15.0. The first-order valence-electron chi connectivity index (χ1n) is 9.09. The van der Waals surface area contributed by atoms with E-state index in [0.29, 0.717) is 18.8 Å². The molecule has 5 rings (SSSR count). The van der Waals surface area contributed by atoms with E-state index in [2.05, 4.69) is 31.7 Å². The maximum atomic E-state index is 12.9. The molecule has 1 unspecified atom stereocenters. The van der Waals surface area contributed by atoms with E-state index in [1.807, 2.05) is 48.5 Å². The number of benzene rings is 2. The number of hydrogen-bond donors (Lipinski definition) is 2. The van der Waals surface area contributed by atoms with Crippen LogP contribution in [0.15, 0.2) is 54.6 Å². The summed E-state index contributed by atoms with van der Waals surface area (Å²) in [6, 6.07) is 17.4. The van der Waals surface area contributed by atoms with E-state index in [9.17, 15) is 4.79 Å². The highest BCUT2D eigenvalue weighted by Crippen LogP contribution is 2.36. The molecule has 0 aliphatic carbocycles. The lowest BCUT2D eigenvalue weighted by atomic mass is 9.96. The first-order chi connectivity index (χ1) is 13.8. The molecule has 0 radical (unpaired) electrons. The fraction of sp³-hybridized carbons (Fsp3) is 0.200. The van der Waals surface area contributed by atoms with Crippen LogP contribution in [0.25, 0.3) is 10.9 Å². The van der Waals surface area contributed by atoms with Gasteiger partial charge in [-0.15, -0.1) is 10.2 Å². The number of amides is 1. The molecule has 8 nitrogen and oxygen atoms in total. The lowest BCUT2D eigenvalue weighted by Crippen LogP contribution is -2.39. The SMILES string of the molecule is O=C(OCc1ccccc1)N1Cc2[nH]c3ccccc3c2CC1c1nn[nH]n1. The Morgan fingerprint density at radius 2 is 1.96 bits per heavy atom. The van der Waals surface area contributed by atoms with Crippen LogP contribution in [0, 0.1) is 0 Å². The molecule has 2 N–H and O–H groups in total. The molecule has 0 fully saturated rings.